The van der Waals surface area contributed by atoms with E-state index < -0.39 is 29.8 Å². The van der Waals surface area contributed by atoms with Crippen molar-refractivity contribution in [3.63, 3.8) is 0 Å². The average Bonchev–Trinajstić information content (AvgIpc) is 2.52. The maximum atomic E-state index is 12.8. The number of hydrogen-bond acceptors (Lipinski definition) is 4. The summed E-state index contributed by atoms with van der Waals surface area (Å²) in [6.07, 6.45) is -4.45. The molecule has 0 fully saturated rings. The van der Waals surface area contributed by atoms with Crippen LogP contribution >= 0.6 is 0 Å². The molecular formula is C16H18F3N3O3. The van der Waals surface area contributed by atoms with Gasteiger partial charge in [-0.2, -0.15) is 13.2 Å². The summed E-state index contributed by atoms with van der Waals surface area (Å²) >= 11 is 0. The van der Waals surface area contributed by atoms with Gasteiger partial charge in [0.15, 0.2) is 0 Å². The fourth-order valence-electron chi connectivity index (χ4n) is 2.41. The predicted octanol–water partition coefficient (Wildman–Crippen LogP) is 2.64. The predicted molar refractivity (Wildman–Crippen MR) is 84.7 cm³/mol. The lowest BCUT2D eigenvalue weighted by Gasteiger charge is -2.27. The van der Waals surface area contributed by atoms with Crippen LogP contribution in [0.4, 0.5) is 23.7 Å². The normalized spacial score (nSPS) is 17.6. The number of halogens is 3. The van der Waals surface area contributed by atoms with E-state index in [1.165, 1.54) is 12.1 Å². The van der Waals surface area contributed by atoms with Crippen LogP contribution in [0.15, 0.2) is 35.5 Å². The Balaban J connectivity index is 2.22. The highest BCUT2D eigenvalue weighted by molar-refractivity contribution is 5.94. The molecule has 1 heterocycles. The SMILES string of the molecule is CCOC(=O)C1=C(CNc2cccc(C(F)(F)F)c2)NC(=O)N[C@H]1C. The van der Waals surface area contributed by atoms with Gasteiger partial charge in [0, 0.05) is 5.69 Å². The van der Waals surface area contributed by atoms with E-state index in [2.05, 4.69) is 16.0 Å². The topological polar surface area (TPSA) is 79.5 Å². The third kappa shape index (κ3) is 4.65. The molecule has 0 saturated carbocycles. The second-order valence-corrected chi connectivity index (χ2v) is 5.36. The Morgan fingerprint density at radius 3 is 2.72 bits per heavy atom. The molecule has 9 heteroatoms. The number of amides is 2. The van der Waals surface area contributed by atoms with Crippen molar-refractivity contribution in [2.75, 3.05) is 18.5 Å². The maximum absolute atomic E-state index is 12.8. The standard InChI is InChI=1S/C16H18F3N3O3/c1-3-25-14(23)13-9(2)21-15(24)22-12(13)8-20-11-6-4-5-10(7-11)16(17,18)19/h4-7,9,20H,3,8H2,1-2H3,(H2,21,22,24)/t9-/m0/s1. The van der Waals surface area contributed by atoms with Crippen molar-refractivity contribution in [1.29, 1.82) is 0 Å². The molecule has 0 saturated heterocycles. The number of carbonyl (C=O) groups excluding carboxylic acids is 2. The molecule has 2 amide bonds. The van der Waals surface area contributed by atoms with Crippen LogP contribution in [0.5, 0.6) is 0 Å². The van der Waals surface area contributed by atoms with E-state index in [0.717, 1.165) is 12.1 Å². The van der Waals surface area contributed by atoms with Gasteiger partial charge in [-0.15, -0.1) is 0 Å². The second-order valence-electron chi connectivity index (χ2n) is 5.36. The van der Waals surface area contributed by atoms with Gasteiger partial charge in [0.05, 0.1) is 36.0 Å². The van der Waals surface area contributed by atoms with Crippen molar-refractivity contribution in [1.82, 2.24) is 10.6 Å². The van der Waals surface area contributed by atoms with Gasteiger partial charge >= 0.3 is 18.2 Å². The van der Waals surface area contributed by atoms with E-state index in [1.54, 1.807) is 13.8 Å². The molecule has 2 rings (SSSR count). The zero-order valence-corrected chi connectivity index (χ0v) is 13.7. The van der Waals surface area contributed by atoms with Crippen LogP contribution in [-0.2, 0) is 15.7 Å². The molecule has 6 nitrogen and oxygen atoms in total. The van der Waals surface area contributed by atoms with E-state index in [4.69, 9.17) is 4.74 Å². The molecule has 136 valence electrons. The minimum atomic E-state index is -4.45. The molecule has 1 aliphatic heterocycles. The summed E-state index contributed by atoms with van der Waals surface area (Å²) in [6.45, 7) is 3.40. The van der Waals surface area contributed by atoms with Gasteiger partial charge in [0.2, 0.25) is 0 Å². The molecule has 0 aromatic heterocycles. The first-order valence-corrected chi connectivity index (χ1v) is 7.61. The quantitative estimate of drug-likeness (QED) is 0.708. The Hall–Kier alpha value is -2.71. The summed E-state index contributed by atoms with van der Waals surface area (Å²) in [6, 6.07) is 3.58. The zero-order valence-electron chi connectivity index (χ0n) is 13.7. The highest BCUT2D eigenvalue weighted by Gasteiger charge is 2.31. The third-order valence-corrected chi connectivity index (χ3v) is 3.52. The monoisotopic (exact) mass is 357 g/mol. The number of nitrogens with one attached hydrogen (secondary N) is 3. The van der Waals surface area contributed by atoms with Crippen molar-refractivity contribution in [3.8, 4) is 0 Å². The molecule has 25 heavy (non-hydrogen) atoms. The molecule has 1 aliphatic rings. The van der Waals surface area contributed by atoms with Crippen LogP contribution in [0.2, 0.25) is 0 Å². The number of carbonyl (C=O) groups is 2. The van der Waals surface area contributed by atoms with Crippen molar-refractivity contribution >= 4 is 17.7 Å². The van der Waals surface area contributed by atoms with Gasteiger partial charge in [-0.25, -0.2) is 9.59 Å². The second kappa shape index (κ2) is 7.45. The van der Waals surface area contributed by atoms with Gasteiger partial charge in [-0.3, -0.25) is 0 Å². The van der Waals surface area contributed by atoms with Crippen LogP contribution in [0, 0.1) is 0 Å². The van der Waals surface area contributed by atoms with Crippen LogP contribution < -0.4 is 16.0 Å². The van der Waals surface area contributed by atoms with Crippen molar-refractivity contribution in [2.24, 2.45) is 0 Å². The number of rotatable bonds is 5. The van der Waals surface area contributed by atoms with Crippen LogP contribution in [0.25, 0.3) is 0 Å². The lowest BCUT2D eigenvalue weighted by atomic mass is 10.0. The van der Waals surface area contributed by atoms with Crippen LogP contribution in [0.3, 0.4) is 0 Å². The molecular weight excluding hydrogens is 339 g/mol. The summed E-state index contributed by atoms with van der Waals surface area (Å²) in [7, 11) is 0. The Labute approximate surface area is 142 Å². The molecule has 0 radical (unpaired) electrons. The number of anilines is 1. The van der Waals surface area contributed by atoms with Crippen molar-refractivity contribution < 1.29 is 27.5 Å². The van der Waals surface area contributed by atoms with Crippen LogP contribution in [0.1, 0.15) is 19.4 Å². The first-order valence-electron chi connectivity index (χ1n) is 7.61. The third-order valence-electron chi connectivity index (χ3n) is 3.52. The molecule has 0 aliphatic carbocycles. The van der Waals surface area contributed by atoms with Crippen LogP contribution in [-0.4, -0.2) is 31.2 Å². The summed E-state index contributed by atoms with van der Waals surface area (Å²) < 4.78 is 43.2. The summed E-state index contributed by atoms with van der Waals surface area (Å²) in [5, 5.41) is 7.82. The molecule has 1 aromatic rings. The van der Waals surface area contributed by atoms with E-state index in [0.29, 0.717) is 0 Å². The van der Waals surface area contributed by atoms with E-state index in [-0.39, 0.29) is 30.1 Å². The number of esters is 1. The number of benzene rings is 1. The average molecular weight is 357 g/mol. The highest BCUT2D eigenvalue weighted by Crippen LogP contribution is 2.30. The Bertz CT molecular complexity index is 701. The number of ether oxygens (including phenoxy) is 1. The van der Waals surface area contributed by atoms with Crippen molar-refractivity contribution in [3.05, 3.63) is 41.1 Å². The lowest BCUT2D eigenvalue weighted by molar-refractivity contribution is -0.139. The van der Waals surface area contributed by atoms with E-state index in [9.17, 15) is 22.8 Å². The summed E-state index contributed by atoms with van der Waals surface area (Å²) in [5.41, 5.74) is -0.0983. The number of hydrogen-bond donors (Lipinski definition) is 3. The molecule has 1 aromatic carbocycles. The minimum Gasteiger partial charge on any atom is -0.463 e. The summed E-state index contributed by atoms with van der Waals surface area (Å²) in [4.78, 5) is 23.7. The Morgan fingerprint density at radius 2 is 2.08 bits per heavy atom. The minimum absolute atomic E-state index is 0.0345. The molecule has 3 N–H and O–H groups in total. The van der Waals surface area contributed by atoms with Gasteiger partial charge in [-0.05, 0) is 32.0 Å². The number of alkyl halides is 3. The largest absolute Gasteiger partial charge is 0.463 e. The molecule has 0 unspecified atom stereocenters. The molecule has 1 atom stereocenters. The van der Waals surface area contributed by atoms with Gasteiger partial charge in [0.25, 0.3) is 0 Å². The first-order chi connectivity index (χ1) is 11.7. The fraction of sp³-hybridized carbons (Fsp3) is 0.375. The molecule has 0 bridgehead atoms. The van der Waals surface area contributed by atoms with Crippen molar-refractivity contribution in [2.45, 2.75) is 26.1 Å². The number of urea groups is 1. The summed E-state index contributed by atoms with van der Waals surface area (Å²) in [5.74, 6) is -0.594. The fourth-order valence-corrected chi connectivity index (χ4v) is 2.41. The Morgan fingerprint density at radius 1 is 1.36 bits per heavy atom. The zero-order chi connectivity index (χ0) is 18.6. The van der Waals surface area contributed by atoms with E-state index in [1.807, 2.05) is 0 Å². The van der Waals surface area contributed by atoms with E-state index >= 15 is 0 Å². The first kappa shape index (κ1) is 18.6. The lowest BCUT2D eigenvalue weighted by Crippen LogP contribution is -2.50. The Kier molecular flexibility index (Phi) is 5.55. The van der Waals surface area contributed by atoms with Gasteiger partial charge in [-0.1, -0.05) is 6.07 Å². The highest BCUT2D eigenvalue weighted by atomic mass is 19.4. The molecule has 0 spiro atoms. The smallest absolute Gasteiger partial charge is 0.416 e. The van der Waals surface area contributed by atoms with Gasteiger partial charge in [0.1, 0.15) is 0 Å². The maximum Gasteiger partial charge on any atom is 0.416 e. The van der Waals surface area contributed by atoms with Gasteiger partial charge < -0.3 is 20.7 Å².